The Morgan fingerprint density at radius 2 is 1.92 bits per heavy atom. The molecule has 0 saturated heterocycles. The number of aryl methyl sites for hydroxylation is 1. The van der Waals surface area contributed by atoms with Crippen molar-refractivity contribution in [1.82, 2.24) is 9.66 Å². The number of fused-ring (bicyclic) bond motifs is 1. The number of nitro benzene ring substituents is 1. The van der Waals surface area contributed by atoms with Gasteiger partial charge >= 0.3 is 5.69 Å². The van der Waals surface area contributed by atoms with E-state index in [0.717, 1.165) is 16.9 Å². The topological polar surface area (TPSA) is 133 Å². The van der Waals surface area contributed by atoms with Crippen LogP contribution in [0.15, 0.2) is 64.5 Å². The molecule has 0 unspecified atom stereocenters. The number of benzene rings is 3. The second-order valence-corrected chi connectivity index (χ2v) is 9.04. The Kier molecular flexibility index (Phi) is 8.01. The Morgan fingerprint density at radius 3 is 2.62 bits per heavy atom. The normalized spacial score (nSPS) is 11.2. The van der Waals surface area contributed by atoms with E-state index in [2.05, 4.69) is 18.9 Å². The molecule has 0 saturated carbocycles. The van der Waals surface area contributed by atoms with Gasteiger partial charge in [0, 0.05) is 17.2 Å². The summed E-state index contributed by atoms with van der Waals surface area (Å²) in [6, 6.07) is 16.9. The maximum absolute atomic E-state index is 13.6. The average molecular weight is 526 g/mol. The van der Waals surface area contributed by atoms with E-state index in [1.165, 1.54) is 23.0 Å². The minimum absolute atomic E-state index is 0.0323. The Labute approximate surface area is 224 Å². The van der Waals surface area contributed by atoms with Crippen LogP contribution in [0.1, 0.15) is 43.4 Å². The molecule has 0 aliphatic carbocycles. The molecule has 4 aromatic rings. The van der Waals surface area contributed by atoms with Crippen LogP contribution >= 0.6 is 0 Å². The molecule has 10 heteroatoms. The summed E-state index contributed by atoms with van der Waals surface area (Å²) >= 11 is 0. The molecule has 1 heterocycles. The SMILES string of the molecule is CCOc1cc(C)c(-c2nc3ccccc3c(=O)n2N=Cc2ccc(OCC#N)c([N+](=O)[O-])c2)cc1C(C)C. The van der Waals surface area contributed by atoms with Crippen molar-refractivity contribution in [2.45, 2.75) is 33.6 Å². The molecular formula is C29H27N5O5. The van der Waals surface area contributed by atoms with Gasteiger partial charge in [0.05, 0.1) is 28.6 Å². The van der Waals surface area contributed by atoms with Crippen molar-refractivity contribution in [2.75, 3.05) is 13.2 Å². The van der Waals surface area contributed by atoms with Crippen LogP contribution in [0, 0.1) is 28.4 Å². The number of aromatic nitrogens is 2. The highest BCUT2D eigenvalue weighted by Crippen LogP contribution is 2.34. The van der Waals surface area contributed by atoms with Crippen molar-refractivity contribution in [3.63, 3.8) is 0 Å². The zero-order valence-corrected chi connectivity index (χ0v) is 22.0. The van der Waals surface area contributed by atoms with Crippen molar-refractivity contribution in [2.24, 2.45) is 5.10 Å². The fourth-order valence-electron chi connectivity index (χ4n) is 4.19. The highest BCUT2D eigenvalue weighted by atomic mass is 16.6. The van der Waals surface area contributed by atoms with Gasteiger partial charge in [0.25, 0.3) is 5.56 Å². The van der Waals surface area contributed by atoms with Crippen molar-refractivity contribution < 1.29 is 14.4 Å². The molecule has 0 N–H and O–H groups in total. The monoisotopic (exact) mass is 525 g/mol. The van der Waals surface area contributed by atoms with Gasteiger partial charge in [-0.1, -0.05) is 26.0 Å². The van der Waals surface area contributed by atoms with Crippen molar-refractivity contribution >= 4 is 22.8 Å². The number of hydrogen-bond acceptors (Lipinski definition) is 8. The molecule has 4 rings (SSSR count). The van der Waals surface area contributed by atoms with Gasteiger partial charge in [-0.25, -0.2) is 4.98 Å². The van der Waals surface area contributed by atoms with E-state index in [1.807, 2.05) is 32.0 Å². The second-order valence-electron chi connectivity index (χ2n) is 9.04. The summed E-state index contributed by atoms with van der Waals surface area (Å²) in [6.45, 7) is 8.17. The summed E-state index contributed by atoms with van der Waals surface area (Å²) in [5.74, 6) is 1.23. The largest absolute Gasteiger partial charge is 0.494 e. The van der Waals surface area contributed by atoms with Crippen LogP contribution in [0.4, 0.5) is 5.69 Å². The third kappa shape index (κ3) is 5.62. The number of nitrogens with zero attached hydrogens (tertiary/aromatic N) is 5. The Bertz CT molecular complexity index is 1680. The van der Waals surface area contributed by atoms with E-state index in [9.17, 15) is 14.9 Å². The van der Waals surface area contributed by atoms with Gasteiger partial charge in [-0.05, 0) is 67.3 Å². The van der Waals surface area contributed by atoms with Crippen LogP contribution in [0.25, 0.3) is 22.3 Å². The lowest BCUT2D eigenvalue weighted by molar-refractivity contribution is -0.385. The van der Waals surface area contributed by atoms with E-state index in [1.54, 1.807) is 30.3 Å². The molecule has 0 radical (unpaired) electrons. The number of nitriles is 1. The first-order valence-electron chi connectivity index (χ1n) is 12.4. The molecule has 10 nitrogen and oxygen atoms in total. The first-order valence-corrected chi connectivity index (χ1v) is 12.4. The summed E-state index contributed by atoms with van der Waals surface area (Å²) in [4.78, 5) is 29.4. The van der Waals surface area contributed by atoms with Gasteiger partial charge in [0.1, 0.15) is 11.8 Å². The maximum atomic E-state index is 13.6. The Hall–Kier alpha value is -5.04. The minimum Gasteiger partial charge on any atom is -0.494 e. The minimum atomic E-state index is -0.601. The lowest BCUT2D eigenvalue weighted by atomic mass is 9.96. The van der Waals surface area contributed by atoms with Gasteiger partial charge in [0.2, 0.25) is 0 Å². The smallest absolute Gasteiger partial charge is 0.311 e. The predicted molar refractivity (Wildman–Crippen MR) is 149 cm³/mol. The van der Waals surface area contributed by atoms with Crippen LogP contribution in [-0.2, 0) is 0 Å². The van der Waals surface area contributed by atoms with Crippen LogP contribution in [0.2, 0.25) is 0 Å². The lowest BCUT2D eigenvalue weighted by Gasteiger charge is -2.18. The predicted octanol–water partition coefficient (Wildman–Crippen LogP) is 5.59. The molecule has 0 aliphatic heterocycles. The van der Waals surface area contributed by atoms with E-state index >= 15 is 0 Å². The van der Waals surface area contributed by atoms with Crippen molar-refractivity contribution in [3.05, 3.63) is 91.8 Å². The first-order chi connectivity index (χ1) is 18.7. The Balaban J connectivity index is 1.91. The summed E-state index contributed by atoms with van der Waals surface area (Å²) in [5, 5.41) is 25.1. The van der Waals surface area contributed by atoms with Crippen LogP contribution in [0.5, 0.6) is 11.5 Å². The summed E-state index contributed by atoms with van der Waals surface area (Å²) in [6.07, 6.45) is 1.36. The van der Waals surface area contributed by atoms with Gasteiger partial charge in [-0.2, -0.15) is 15.0 Å². The molecule has 198 valence electrons. The van der Waals surface area contributed by atoms with Crippen molar-refractivity contribution in [1.29, 1.82) is 5.26 Å². The number of rotatable bonds is 9. The third-order valence-electron chi connectivity index (χ3n) is 6.07. The number of hydrogen-bond donors (Lipinski definition) is 0. The quantitative estimate of drug-likeness (QED) is 0.158. The summed E-state index contributed by atoms with van der Waals surface area (Å²) in [7, 11) is 0. The second kappa shape index (κ2) is 11.6. The molecule has 0 amide bonds. The molecule has 0 spiro atoms. The van der Waals surface area contributed by atoms with Gasteiger partial charge < -0.3 is 9.47 Å². The van der Waals surface area contributed by atoms with Crippen LogP contribution < -0.4 is 15.0 Å². The number of ether oxygens (including phenoxy) is 2. The van der Waals surface area contributed by atoms with Gasteiger partial charge in [0.15, 0.2) is 18.2 Å². The molecular weight excluding hydrogens is 498 g/mol. The van der Waals surface area contributed by atoms with E-state index in [4.69, 9.17) is 19.7 Å². The average Bonchev–Trinajstić information content (AvgIpc) is 2.91. The molecule has 0 bridgehead atoms. The highest BCUT2D eigenvalue weighted by molar-refractivity contribution is 5.83. The van der Waals surface area contributed by atoms with Crippen molar-refractivity contribution in [3.8, 4) is 29.0 Å². The zero-order chi connectivity index (χ0) is 28.1. The fourth-order valence-corrected chi connectivity index (χ4v) is 4.19. The first kappa shape index (κ1) is 27.0. The summed E-state index contributed by atoms with van der Waals surface area (Å²) < 4.78 is 12.2. The highest BCUT2D eigenvalue weighted by Gasteiger charge is 2.19. The zero-order valence-electron chi connectivity index (χ0n) is 22.0. The molecule has 39 heavy (non-hydrogen) atoms. The molecule has 1 aromatic heterocycles. The van der Waals surface area contributed by atoms with Crippen LogP contribution in [0.3, 0.4) is 0 Å². The molecule has 0 aliphatic rings. The number of para-hydroxylation sites is 1. The standard InChI is InChI=1S/C29H27N5O5/c1-5-38-27-14-19(4)23(16-22(27)18(2)3)28-32-24-9-7-6-8-21(24)29(35)33(28)31-17-20-10-11-26(39-13-12-30)25(15-20)34(36)37/h6-11,14-18H,5,13H2,1-4H3. The van der Waals surface area contributed by atoms with Gasteiger partial charge in [-0.15, -0.1) is 0 Å². The van der Waals surface area contributed by atoms with E-state index in [-0.39, 0.29) is 29.5 Å². The Morgan fingerprint density at radius 1 is 1.15 bits per heavy atom. The third-order valence-corrected chi connectivity index (χ3v) is 6.07. The fraction of sp³-hybridized carbons (Fsp3) is 0.241. The lowest BCUT2D eigenvalue weighted by Crippen LogP contribution is -2.21. The molecule has 3 aromatic carbocycles. The molecule has 0 atom stereocenters. The van der Waals surface area contributed by atoms with E-state index < -0.39 is 4.92 Å². The van der Waals surface area contributed by atoms with E-state index in [0.29, 0.717) is 34.5 Å². The van der Waals surface area contributed by atoms with Crippen LogP contribution in [-0.4, -0.2) is 34.0 Å². The number of nitro groups is 1. The summed E-state index contributed by atoms with van der Waals surface area (Å²) in [5.41, 5.74) is 2.73. The van der Waals surface area contributed by atoms with Gasteiger partial charge in [-0.3, -0.25) is 14.9 Å². The molecule has 0 fully saturated rings. The maximum Gasteiger partial charge on any atom is 0.311 e.